The molecule has 188 valence electrons. The van der Waals surface area contributed by atoms with Crippen molar-refractivity contribution in [2.24, 2.45) is 0 Å². The normalized spacial score (nSPS) is 11.2. The van der Waals surface area contributed by atoms with Crippen molar-refractivity contribution in [3.63, 3.8) is 0 Å². The third-order valence-electron chi connectivity index (χ3n) is 5.11. The predicted molar refractivity (Wildman–Crippen MR) is 143 cm³/mol. The van der Waals surface area contributed by atoms with Crippen LogP contribution in [0.5, 0.6) is 0 Å². The van der Waals surface area contributed by atoms with Crippen LogP contribution in [0.2, 0.25) is 10.0 Å². The van der Waals surface area contributed by atoms with Crippen LogP contribution in [0.25, 0.3) is 16.9 Å². The van der Waals surface area contributed by atoms with Gasteiger partial charge in [0, 0.05) is 27.3 Å². The van der Waals surface area contributed by atoms with Crippen LogP contribution < -0.4 is 5.32 Å². The van der Waals surface area contributed by atoms with E-state index in [0.717, 1.165) is 11.3 Å². The van der Waals surface area contributed by atoms with E-state index in [9.17, 15) is 9.59 Å². The van der Waals surface area contributed by atoms with E-state index in [0.29, 0.717) is 39.1 Å². The van der Waals surface area contributed by atoms with E-state index in [4.69, 9.17) is 28.3 Å². The molecule has 36 heavy (non-hydrogen) atoms. The molecule has 2 N–H and O–H groups in total. The van der Waals surface area contributed by atoms with Gasteiger partial charge >= 0.3 is 5.97 Å². The highest BCUT2D eigenvalue weighted by Gasteiger charge is 2.25. The molecule has 2 aromatic carbocycles. The van der Waals surface area contributed by atoms with E-state index in [1.54, 1.807) is 40.9 Å². The van der Waals surface area contributed by atoms with E-state index in [-0.39, 0.29) is 12.5 Å². The fraction of sp³-hybridized carbons (Fsp3) is 0.296. The molecule has 9 heteroatoms. The lowest BCUT2D eigenvalue weighted by Crippen LogP contribution is -2.41. The molecule has 0 bridgehead atoms. The molecule has 0 radical (unpaired) electrons. The Morgan fingerprint density at radius 2 is 1.81 bits per heavy atom. The number of likely N-dealkylation sites (N-methyl/N-ethyl adjacent to an activating group) is 1. The fourth-order valence-corrected chi connectivity index (χ4v) is 3.94. The van der Waals surface area contributed by atoms with E-state index < -0.39 is 11.5 Å². The van der Waals surface area contributed by atoms with E-state index in [1.165, 1.54) is 0 Å². The first-order valence-electron chi connectivity index (χ1n) is 11.2. The van der Waals surface area contributed by atoms with Gasteiger partial charge in [0.25, 0.3) is 5.91 Å². The highest BCUT2D eigenvalue weighted by molar-refractivity contribution is 6.32. The number of nitrogens with zero attached hydrogens (tertiary/aromatic N) is 3. The van der Waals surface area contributed by atoms with Crippen molar-refractivity contribution in [2.45, 2.75) is 33.2 Å². The second-order valence-electron chi connectivity index (χ2n) is 9.48. The van der Waals surface area contributed by atoms with Crippen molar-refractivity contribution in [3.8, 4) is 28.8 Å². The third kappa shape index (κ3) is 6.88. The van der Waals surface area contributed by atoms with Gasteiger partial charge in [-0.2, -0.15) is 5.10 Å². The second kappa shape index (κ2) is 11.2. The van der Waals surface area contributed by atoms with Crippen LogP contribution in [0.15, 0.2) is 42.5 Å². The molecule has 0 saturated carbocycles. The molecule has 0 aliphatic rings. The van der Waals surface area contributed by atoms with Crippen molar-refractivity contribution in [2.75, 3.05) is 20.1 Å². The van der Waals surface area contributed by atoms with Gasteiger partial charge in [-0.15, -0.1) is 0 Å². The fourth-order valence-electron chi connectivity index (χ4n) is 3.55. The summed E-state index contributed by atoms with van der Waals surface area (Å²) in [6.45, 7) is 7.79. The Balaban J connectivity index is 2.04. The Kier molecular flexibility index (Phi) is 8.47. The van der Waals surface area contributed by atoms with Gasteiger partial charge in [-0.3, -0.25) is 14.5 Å². The minimum atomic E-state index is -0.909. The molecule has 0 unspecified atom stereocenters. The number of benzene rings is 2. The molecule has 0 spiro atoms. The Bertz CT molecular complexity index is 1350. The number of aliphatic carboxylic acids is 1. The maximum Gasteiger partial charge on any atom is 0.317 e. The quantitative estimate of drug-likeness (QED) is 0.438. The number of nitrogens with one attached hydrogen (secondary N) is 1. The molecule has 3 rings (SSSR count). The van der Waals surface area contributed by atoms with Crippen LogP contribution in [0, 0.1) is 18.8 Å². The third-order valence-corrected chi connectivity index (χ3v) is 5.66. The average Bonchev–Trinajstić information content (AvgIpc) is 3.10. The number of aromatic nitrogens is 2. The average molecular weight is 527 g/mol. The Morgan fingerprint density at radius 3 is 2.39 bits per heavy atom. The SMILES string of the molecule is Cc1c(C(=O)NC(C)(C)C)nn(-c2ccc(C#CCN(C)CC(=O)O)cc2Cl)c1-c1ccc(Cl)cc1. The molecule has 0 aliphatic heterocycles. The summed E-state index contributed by atoms with van der Waals surface area (Å²) in [5.74, 6) is 4.77. The molecule has 3 aromatic rings. The molecule has 1 amide bonds. The number of hydrogen-bond acceptors (Lipinski definition) is 4. The summed E-state index contributed by atoms with van der Waals surface area (Å²) in [7, 11) is 1.69. The number of carboxylic acid groups (broad SMARTS) is 1. The number of carboxylic acids is 1. The van der Waals surface area contributed by atoms with Gasteiger partial charge in [-0.1, -0.05) is 47.2 Å². The van der Waals surface area contributed by atoms with E-state index >= 15 is 0 Å². The number of rotatable bonds is 6. The number of hydrogen-bond donors (Lipinski definition) is 2. The summed E-state index contributed by atoms with van der Waals surface area (Å²) in [5.41, 5.74) is 3.41. The molecule has 0 aliphatic carbocycles. The maximum atomic E-state index is 13.0. The zero-order valence-electron chi connectivity index (χ0n) is 20.8. The molecule has 1 heterocycles. The summed E-state index contributed by atoms with van der Waals surface area (Å²) >= 11 is 12.8. The van der Waals surface area contributed by atoms with Crippen LogP contribution >= 0.6 is 23.2 Å². The molecular formula is C27H28Cl2N4O3. The maximum absolute atomic E-state index is 13.0. The van der Waals surface area contributed by atoms with E-state index in [2.05, 4.69) is 22.3 Å². The van der Waals surface area contributed by atoms with Crippen LogP contribution in [0.1, 0.15) is 42.4 Å². The number of amides is 1. The van der Waals surface area contributed by atoms with Crippen molar-refractivity contribution < 1.29 is 14.7 Å². The van der Waals surface area contributed by atoms with E-state index in [1.807, 2.05) is 45.9 Å². The largest absolute Gasteiger partial charge is 0.480 e. The van der Waals surface area contributed by atoms with Gasteiger partial charge < -0.3 is 10.4 Å². The minimum Gasteiger partial charge on any atom is -0.480 e. The van der Waals surface area contributed by atoms with Crippen molar-refractivity contribution in [1.82, 2.24) is 20.0 Å². The molecule has 7 nitrogen and oxygen atoms in total. The monoisotopic (exact) mass is 526 g/mol. The topological polar surface area (TPSA) is 87.5 Å². The van der Waals surface area contributed by atoms with Crippen LogP contribution in [-0.2, 0) is 4.79 Å². The van der Waals surface area contributed by atoms with Crippen molar-refractivity contribution >= 4 is 35.1 Å². The zero-order valence-corrected chi connectivity index (χ0v) is 22.3. The van der Waals surface area contributed by atoms with Gasteiger partial charge in [0.05, 0.1) is 29.5 Å². The summed E-state index contributed by atoms with van der Waals surface area (Å²) < 4.78 is 1.66. The molecule has 0 fully saturated rings. The van der Waals surface area contributed by atoms with Crippen LogP contribution in [0.4, 0.5) is 0 Å². The lowest BCUT2D eigenvalue weighted by molar-refractivity contribution is -0.137. The van der Waals surface area contributed by atoms with Crippen LogP contribution in [-0.4, -0.2) is 57.3 Å². The summed E-state index contributed by atoms with van der Waals surface area (Å²) in [5, 5.41) is 17.5. The first-order chi connectivity index (χ1) is 16.9. The highest BCUT2D eigenvalue weighted by atomic mass is 35.5. The summed E-state index contributed by atoms with van der Waals surface area (Å²) in [4.78, 5) is 25.4. The second-order valence-corrected chi connectivity index (χ2v) is 10.3. The molecule has 0 saturated heterocycles. The first-order valence-corrected chi connectivity index (χ1v) is 12.0. The van der Waals surface area contributed by atoms with Gasteiger partial charge in [0.1, 0.15) is 0 Å². The number of carbonyl (C=O) groups excluding carboxylic acids is 1. The number of carbonyl (C=O) groups is 2. The Hall–Kier alpha value is -3.31. The van der Waals surface area contributed by atoms with Gasteiger partial charge in [0.15, 0.2) is 5.69 Å². The summed E-state index contributed by atoms with van der Waals surface area (Å²) in [6.07, 6.45) is 0. The van der Waals surface area contributed by atoms with Crippen LogP contribution in [0.3, 0.4) is 0 Å². The predicted octanol–water partition coefficient (Wildman–Crippen LogP) is 5.05. The van der Waals surface area contributed by atoms with Gasteiger partial charge in [-0.25, -0.2) is 4.68 Å². The van der Waals surface area contributed by atoms with Gasteiger partial charge in [-0.05, 0) is 65.1 Å². The molecule has 0 atom stereocenters. The zero-order chi connectivity index (χ0) is 26.6. The lowest BCUT2D eigenvalue weighted by atomic mass is 10.0. The molecular weight excluding hydrogens is 499 g/mol. The highest BCUT2D eigenvalue weighted by Crippen LogP contribution is 2.32. The van der Waals surface area contributed by atoms with Crippen molar-refractivity contribution in [3.05, 3.63) is 69.3 Å². The standard InChI is InChI=1S/C27H28Cl2N4O3/c1-17-24(26(36)30-27(2,3)4)31-33(25(17)19-9-11-20(28)12-10-19)22-13-8-18(15-21(22)29)7-6-14-32(5)16-23(34)35/h8-13,15H,14,16H2,1-5H3,(H,30,36)(H,34,35). The van der Waals surface area contributed by atoms with Gasteiger partial charge in [0.2, 0.25) is 0 Å². The number of halogens is 2. The smallest absolute Gasteiger partial charge is 0.317 e. The minimum absolute atomic E-state index is 0.0916. The summed E-state index contributed by atoms with van der Waals surface area (Å²) in [6, 6.07) is 12.6. The molecule has 1 aromatic heterocycles. The first kappa shape index (κ1) is 27.3. The van der Waals surface area contributed by atoms with Crippen molar-refractivity contribution in [1.29, 1.82) is 0 Å². The lowest BCUT2D eigenvalue weighted by Gasteiger charge is -2.19. The Labute approximate surface area is 221 Å². The Morgan fingerprint density at radius 1 is 1.14 bits per heavy atom.